The van der Waals surface area contributed by atoms with Gasteiger partial charge in [-0.15, -0.1) is 0 Å². The zero-order valence-electron chi connectivity index (χ0n) is 13.0. The van der Waals surface area contributed by atoms with Crippen molar-refractivity contribution in [2.75, 3.05) is 26.8 Å². The first kappa shape index (κ1) is 16.5. The number of likely N-dealkylation sites (N-methyl/N-ethyl adjacent to an activating group) is 1. The zero-order chi connectivity index (χ0) is 16.1. The van der Waals surface area contributed by atoms with Gasteiger partial charge in [0.25, 0.3) is 0 Å². The van der Waals surface area contributed by atoms with Crippen LogP contribution in [-0.2, 0) is 0 Å². The van der Waals surface area contributed by atoms with Gasteiger partial charge in [0, 0.05) is 13.6 Å². The van der Waals surface area contributed by atoms with Gasteiger partial charge in [0.1, 0.15) is 0 Å². The summed E-state index contributed by atoms with van der Waals surface area (Å²) in [6.45, 7) is 2.50. The summed E-state index contributed by atoms with van der Waals surface area (Å²) in [4.78, 5) is 13.2. The molecule has 0 aliphatic heterocycles. The zero-order valence-corrected chi connectivity index (χ0v) is 13.0. The molecule has 2 rings (SSSR count). The number of hydrogen-bond acceptors (Lipinski definition) is 3. The van der Waals surface area contributed by atoms with Gasteiger partial charge >= 0.3 is 6.03 Å². The van der Waals surface area contributed by atoms with Crippen molar-refractivity contribution in [2.24, 2.45) is 5.92 Å². The first-order valence-corrected chi connectivity index (χ1v) is 7.56. The van der Waals surface area contributed by atoms with Gasteiger partial charge in [0.15, 0.2) is 11.6 Å². The van der Waals surface area contributed by atoms with E-state index < -0.39 is 5.82 Å². The van der Waals surface area contributed by atoms with Crippen molar-refractivity contribution >= 4 is 6.03 Å². The molecule has 1 aromatic rings. The summed E-state index contributed by atoms with van der Waals surface area (Å²) in [5.41, 5.74) is 0.669. The van der Waals surface area contributed by atoms with Crippen LogP contribution in [0.4, 0.5) is 9.18 Å². The summed E-state index contributed by atoms with van der Waals surface area (Å²) < 4.78 is 19.5. The van der Waals surface area contributed by atoms with Crippen LogP contribution < -0.4 is 10.1 Å². The monoisotopic (exact) mass is 310 g/mol. The lowest BCUT2D eigenvalue weighted by atomic mass is 10.1. The maximum Gasteiger partial charge on any atom is 0.317 e. The van der Waals surface area contributed by atoms with E-state index in [4.69, 9.17) is 9.84 Å². The highest BCUT2D eigenvalue weighted by atomic mass is 19.1. The molecule has 6 heteroatoms. The number of aliphatic hydroxyl groups excluding tert-OH is 1. The summed E-state index contributed by atoms with van der Waals surface area (Å²) in [6, 6.07) is 4.10. The van der Waals surface area contributed by atoms with E-state index in [0.717, 1.165) is 12.8 Å². The summed E-state index contributed by atoms with van der Waals surface area (Å²) in [5.74, 6) is 0.411. The summed E-state index contributed by atoms with van der Waals surface area (Å²) in [6.07, 6.45) is 2.31. The Kier molecular flexibility index (Phi) is 5.60. The van der Waals surface area contributed by atoms with Crippen LogP contribution in [0.25, 0.3) is 0 Å². The molecule has 0 bridgehead atoms. The normalized spacial score (nSPS) is 15.3. The predicted molar refractivity (Wildman–Crippen MR) is 81.3 cm³/mol. The second kappa shape index (κ2) is 7.45. The molecule has 0 saturated heterocycles. The van der Waals surface area contributed by atoms with Crippen LogP contribution in [-0.4, -0.2) is 42.8 Å². The highest BCUT2D eigenvalue weighted by molar-refractivity contribution is 5.74. The van der Waals surface area contributed by atoms with Crippen molar-refractivity contribution in [2.45, 2.75) is 25.8 Å². The highest BCUT2D eigenvalue weighted by Gasteiger charge is 2.22. The van der Waals surface area contributed by atoms with Gasteiger partial charge in [-0.2, -0.15) is 0 Å². The number of carbonyl (C=O) groups is 1. The lowest BCUT2D eigenvalue weighted by Gasteiger charge is -2.21. The standard InChI is InChI=1S/C16H23FN2O3/c1-11(18-16(21)19(2)7-8-20)13-5-6-15(14(17)9-13)22-10-12-3-4-12/h5-6,9,11-12,20H,3-4,7-8,10H2,1-2H3,(H,18,21). The summed E-state index contributed by atoms with van der Waals surface area (Å²) >= 11 is 0. The quantitative estimate of drug-likeness (QED) is 0.812. The van der Waals surface area contributed by atoms with Gasteiger partial charge in [-0.25, -0.2) is 9.18 Å². The number of halogens is 1. The first-order chi connectivity index (χ1) is 10.5. The summed E-state index contributed by atoms with van der Waals surface area (Å²) in [5, 5.41) is 11.6. The second-order valence-corrected chi connectivity index (χ2v) is 5.76. The van der Waals surface area contributed by atoms with Crippen LogP contribution in [0, 0.1) is 11.7 Å². The number of rotatable bonds is 7. The van der Waals surface area contributed by atoms with Crippen LogP contribution in [0.1, 0.15) is 31.4 Å². The van der Waals surface area contributed by atoms with E-state index in [2.05, 4.69) is 5.32 Å². The van der Waals surface area contributed by atoms with E-state index in [-0.39, 0.29) is 31.0 Å². The van der Waals surface area contributed by atoms with Gasteiger partial charge in [-0.1, -0.05) is 6.07 Å². The van der Waals surface area contributed by atoms with E-state index in [9.17, 15) is 9.18 Å². The molecular formula is C16H23FN2O3. The van der Waals surface area contributed by atoms with Crippen LogP contribution in [0.15, 0.2) is 18.2 Å². The Hall–Kier alpha value is -1.82. The van der Waals surface area contributed by atoms with E-state index >= 15 is 0 Å². The molecule has 2 amide bonds. The van der Waals surface area contributed by atoms with Gasteiger partial charge in [0.05, 0.1) is 19.3 Å². The lowest BCUT2D eigenvalue weighted by Crippen LogP contribution is -2.39. The fourth-order valence-electron chi connectivity index (χ4n) is 2.03. The number of carbonyl (C=O) groups excluding carboxylic acids is 1. The van der Waals surface area contributed by atoms with E-state index in [1.165, 1.54) is 11.0 Å². The van der Waals surface area contributed by atoms with Crippen molar-refractivity contribution in [1.29, 1.82) is 0 Å². The molecule has 1 aromatic carbocycles. The number of ether oxygens (including phenoxy) is 1. The first-order valence-electron chi connectivity index (χ1n) is 7.56. The molecule has 0 heterocycles. The van der Waals surface area contributed by atoms with Crippen molar-refractivity contribution in [3.05, 3.63) is 29.6 Å². The second-order valence-electron chi connectivity index (χ2n) is 5.76. The third-order valence-electron chi connectivity index (χ3n) is 3.75. The van der Waals surface area contributed by atoms with E-state index in [1.807, 2.05) is 0 Å². The molecule has 1 aliphatic carbocycles. The Morgan fingerprint density at radius 1 is 1.55 bits per heavy atom. The van der Waals surface area contributed by atoms with Gasteiger partial charge < -0.3 is 20.1 Å². The highest BCUT2D eigenvalue weighted by Crippen LogP contribution is 2.30. The third kappa shape index (κ3) is 4.59. The average molecular weight is 310 g/mol. The molecule has 1 saturated carbocycles. The smallest absolute Gasteiger partial charge is 0.317 e. The van der Waals surface area contributed by atoms with Crippen molar-refractivity contribution in [3.8, 4) is 5.75 Å². The molecule has 1 atom stereocenters. The van der Waals surface area contributed by atoms with E-state index in [1.54, 1.807) is 26.1 Å². The molecule has 122 valence electrons. The van der Waals surface area contributed by atoms with Crippen LogP contribution in [0.5, 0.6) is 5.75 Å². The maximum absolute atomic E-state index is 14.0. The van der Waals surface area contributed by atoms with Crippen LogP contribution in [0.2, 0.25) is 0 Å². The average Bonchev–Trinajstić information content (AvgIpc) is 3.30. The molecule has 5 nitrogen and oxygen atoms in total. The number of nitrogens with one attached hydrogen (secondary N) is 1. The third-order valence-corrected chi connectivity index (χ3v) is 3.75. The van der Waals surface area contributed by atoms with Gasteiger partial charge in [-0.3, -0.25) is 0 Å². The fraction of sp³-hybridized carbons (Fsp3) is 0.562. The topological polar surface area (TPSA) is 61.8 Å². The maximum atomic E-state index is 14.0. The molecular weight excluding hydrogens is 287 g/mol. The Balaban J connectivity index is 1.92. The number of nitrogens with zero attached hydrogens (tertiary/aromatic N) is 1. The minimum absolute atomic E-state index is 0.0973. The van der Waals surface area contributed by atoms with Crippen LogP contribution >= 0.6 is 0 Å². The summed E-state index contributed by atoms with van der Waals surface area (Å²) in [7, 11) is 1.59. The van der Waals surface area contributed by atoms with Crippen molar-refractivity contribution < 1.29 is 19.0 Å². The molecule has 0 aromatic heterocycles. The molecule has 0 spiro atoms. The SMILES string of the molecule is CC(NC(=O)N(C)CCO)c1ccc(OCC2CC2)c(F)c1. The molecule has 0 radical (unpaired) electrons. The molecule has 1 unspecified atom stereocenters. The Morgan fingerprint density at radius 2 is 2.27 bits per heavy atom. The number of urea groups is 1. The number of hydrogen-bond donors (Lipinski definition) is 2. The number of amides is 2. The van der Waals surface area contributed by atoms with Gasteiger partial charge in [0.2, 0.25) is 0 Å². The Bertz CT molecular complexity index is 520. The minimum Gasteiger partial charge on any atom is -0.490 e. The molecule has 1 fully saturated rings. The van der Waals surface area contributed by atoms with Crippen LogP contribution in [0.3, 0.4) is 0 Å². The lowest BCUT2D eigenvalue weighted by molar-refractivity contribution is 0.188. The molecule has 1 aliphatic rings. The van der Waals surface area contributed by atoms with Gasteiger partial charge in [-0.05, 0) is 43.4 Å². The Morgan fingerprint density at radius 3 is 2.86 bits per heavy atom. The predicted octanol–water partition coefficient (Wildman–Crippen LogP) is 2.31. The largest absolute Gasteiger partial charge is 0.490 e. The number of benzene rings is 1. The molecule has 2 N–H and O–H groups in total. The molecule has 22 heavy (non-hydrogen) atoms. The number of aliphatic hydroxyl groups is 1. The minimum atomic E-state index is -0.414. The van der Waals surface area contributed by atoms with E-state index in [0.29, 0.717) is 18.1 Å². The Labute approximate surface area is 130 Å². The van der Waals surface area contributed by atoms with Crippen molar-refractivity contribution in [3.63, 3.8) is 0 Å². The van der Waals surface area contributed by atoms with Crippen molar-refractivity contribution in [1.82, 2.24) is 10.2 Å². The fourth-order valence-corrected chi connectivity index (χ4v) is 2.03.